The van der Waals surface area contributed by atoms with Gasteiger partial charge in [0.15, 0.2) is 11.5 Å². The maximum absolute atomic E-state index is 12.3. The molecule has 1 N–H and O–H groups in total. The van der Waals surface area contributed by atoms with Gasteiger partial charge < -0.3 is 19.7 Å². The monoisotopic (exact) mass is 353 g/mol. The fourth-order valence-corrected chi connectivity index (χ4v) is 3.54. The molecule has 6 heteroatoms. The second kappa shape index (κ2) is 7.64. The molecule has 0 bridgehead atoms. The summed E-state index contributed by atoms with van der Waals surface area (Å²) in [5.41, 5.74) is 0.936. The zero-order valence-corrected chi connectivity index (χ0v) is 14.7. The van der Waals surface area contributed by atoms with Gasteiger partial charge in [-0.05, 0) is 48.6 Å². The number of aromatic nitrogens is 1. The van der Waals surface area contributed by atoms with E-state index >= 15 is 0 Å². The normalized spacial score (nSPS) is 18.6. The number of nitrogens with one attached hydrogen (secondary N) is 1. The average Bonchev–Trinajstić information content (AvgIpc) is 3.15. The van der Waals surface area contributed by atoms with Crippen LogP contribution in [0.5, 0.6) is 11.5 Å². The SMILES string of the molecule is O=C(Cc1ccc2c(c1)OCO2)NC[C@H]1CCCN(c2ccccn2)C1. The first kappa shape index (κ1) is 16.7. The Morgan fingerprint density at radius 3 is 3.04 bits per heavy atom. The lowest BCUT2D eigenvalue weighted by Gasteiger charge is -2.33. The molecule has 0 unspecified atom stereocenters. The number of benzene rings is 1. The Bertz CT molecular complexity index is 766. The molecule has 4 rings (SSSR count). The van der Waals surface area contributed by atoms with Gasteiger partial charge in [-0.3, -0.25) is 4.79 Å². The van der Waals surface area contributed by atoms with Crippen molar-refractivity contribution in [2.24, 2.45) is 5.92 Å². The summed E-state index contributed by atoms with van der Waals surface area (Å²) in [5, 5.41) is 3.08. The molecule has 6 nitrogen and oxygen atoms in total. The van der Waals surface area contributed by atoms with Crippen LogP contribution in [0.15, 0.2) is 42.6 Å². The predicted molar refractivity (Wildman–Crippen MR) is 98.5 cm³/mol. The van der Waals surface area contributed by atoms with Crippen molar-refractivity contribution in [1.82, 2.24) is 10.3 Å². The zero-order valence-electron chi connectivity index (χ0n) is 14.7. The minimum atomic E-state index is 0.0406. The van der Waals surface area contributed by atoms with E-state index in [0.29, 0.717) is 24.6 Å². The van der Waals surface area contributed by atoms with E-state index in [-0.39, 0.29) is 12.7 Å². The number of carbonyl (C=O) groups excluding carboxylic acids is 1. The zero-order chi connectivity index (χ0) is 17.8. The number of rotatable bonds is 5. The van der Waals surface area contributed by atoms with Gasteiger partial charge >= 0.3 is 0 Å². The van der Waals surface area contributed by atoms with Crippen molar-refractivity contribution in [2.45, 2.75) is 19.3 Å². The van der Waals surface area contributed by atoms with Crippen molar-refractivity contribution in [2.75, 3.05) is 31.3 Å². The van der Waals surface area contributed by atoms with E-state index in [9.17, 15) is 4.79 Å². The van der Waals surface area contributed by atoms with Crippen molar-refractivity contribution >= 4 is 11.7 Å². The largest absolute Gasteiger partial charge is 0.454 e. The van der Waals surface area contributed by atoms with Gasteiger partial charge in [0.1, 0.15) is 5.82 Å². The number of anilines is 1. The highest BCUT2D eigenvalue weighted by molar-refractivity contribution is 5.78. The Balaban J connectivity index is 1.27. The molecule has 2 aliphatic heterocycles. The first-order valence-electron chi connectivity index (χ1n) is 9.09. The molecule has 2 aromatic rings. The summed E-state index contributed by atoms with van der Waals surface area (Å²) in [5.74, 6) is 2.97. The number of ether oxygens (including phenoxy) is 2. The van der Waals surface area contributed by atoms with Crippen molar-refractivity contribution < 1.29 is 14.3 Å². The van der Waals surface area contributed by atoms with Crippen LogP contribution in [0, 0.1) is 5.92 Å². The topological polar surface area (TPSA) is 63.7 Å². The molecule has 1 saturated heterocycles. The summed E-state index contributed by atoms with van der Waals surface area (Å²) in [6, 6.07) is 11.6. The number of amides is 1. The molecule has 1 aromatic carbocycles. The van der Waals surface area contributed by atoms with Crippen molar-refractivity contribution in [1.29, 1.82) is 0 Å². The maximum atomic E-state index is 12.3. The fraction of sp³-hybridized carbons (Fsp3) is 0.400. The minimum absolute atomic E-state index is 0.0406. The molecule has 0 spiro atoms. The van der Waals surface area contributed by atoms with Gasteiger partial charge in [-0.1, -0.05) is 12.1 Å². The Labute approximate surface area is 153 Å². The molecule has 1 aromatic heterocycles. The maximum Gasteiger partial charge on any atom is 0.231 e. The third kappa shape index (κ3) is 3.90. The highest BCUT2D eigenvalue weighted by atomic mass is 16.7. The molecule has 136 valence electrons. The standard InChI is InChI=1S/C20H23N3O3/c24-20(11-15-6-7-17-18(10-15)26-14-25-17)22-12-16-4-3-9-23(13-16)19-5-1-2-8-21-19/h1-2,5-8,10,16H,3-4,9,11-14H2,(H,22,24)/t16-/m1/s1. The van der Waals surface area contributed by atoms with Crippen LogP contribution in [0.4, 0.5) is 5.82 Å². The first-order chi connectivity index (χ1) is 12.8. The number of hydrogen-bond acceptors (Lipinski definition) is 5. The van der Waals surface area contributed by atoms with Crippen molar-refractivity contribution in [3.8, 4) is 11.5 Å². The van der Waals surface area contributed by atoms with E-state index in [0.717, 1.165) is 43.1 Å². The van der Waals surface area contributed by atoms with Crippen molar-refractivity contribution in [3.63, 3.8) is 0 Å². The Morgan fingerprint density at radius 1 is 1.23 bits per heavy atom. The summed E-state index contributed by atoms with van der Waals surface area (Å²) in [6.45, 7) is 2.91. The fourth-order valence-electron chi connectivity index (χ4n) is 3.54. The molecule has 0 saturated carbocycles. The average molecular weight is 353 g/mol. The molecule has 1 fully saturated rings. The number of piperidine rings is 1. The molecule has 0 aliphatic carbocycles. The molecule has 1 atom stereocenters. The summed E-state index contributed by atoms with van der Waals surface area (Å²) in [6.07, 6.45) is 4.44. The highest BCUT2D eigenvalue weighted by Gasteiger charge is 2.21. The number of nitrogens with zero attached hydrogens (tertiary/aromatic N) is 2. The molecular weight excluding hydrogens is 330 g/mol. The molecule has 26 heavy (non-hydrogen) atoms. The summed E-state index contributed by atoms with van der Waals surface area (Å²) < 4.78 is 10.7. The van der Waals surface area contributed by atoms with Gasteiger partial charge in [-0.25, -0.2) is 4.98 Å². The quantitative estimate of drug-likeness (QED) is 0.894. The van der Waals surface area contributed by atoms with Crippen LogP contribution in [0.2, 0.25) is 0 Å². The lowest BCUT2D eigenvalue weighted by Crippen LogP contribution is -2.41. The van der Waals surface area contributed by atoms with Gasteiger partial charge in [-0.15, -0.1) is 0 Å². The van der Waals surface area contributed by atoms with Crippen LogP contribution in [-0.4, -0.2) is 37.3 Å². The lowest BCUT2D eigenvalue weighted by molar-refractivity contribution is -0.120. The smallest absolute Gasteiger partial charge is 0.231 e. The van der Waals surface area contributed by atoms with Crippen LogP contribution < -0.4 is 19.7 Å². The second-order valence-corrected chi connectivity index (χ2v) is 6.81. The number of carbonyl (C=O) groups is 1. The minimum Gasteiger partial charge on any atom is -0.454 e. The molecular formula is C20H23N3O3. The van der Waals surface area contributed by atoms with Gasteiger partial charge in [0.05, 0.1) is 6.42 Å². The molecule has 3 heterocycles. The van der Waals surface area contributed by atoms with E-state index in [1.807, 2.05) is 42.6 Å². The van der Waals surface area contributed by atoms with Gasteiger partial charge in [0.25, 0.3) is 0 Å². The Kier molecular flexibility index (Phi) is 4.91. The van der Waals surface area contributed by atoms with Crippen LogP contribution in [-0.2, 0) is 11.2 Å². The summed E-state index contributed by atoms with van der Waals surface area (Å²) >= 11 is 0. The van der Waals surface area contributed by atoms with Crippen molar-refractivity contribution in [3.05, 3.63) is 48.2 Å². The highest BCUT2D eigenvalue weighted by Crippen LogP contribution is 2.32. The first-order valence-corrected chi connectivity index (χ1v) is 9.09. The Hall–Kier alpha value is -2.76. The third-order valence-corrected chi connectivity index (χ3v) is 4.88. The molecule has 0 radical (unpaired) electrons. The molecule has 2 aliphatic rings. The number of hydrogen-bond donors (Lipinski definition) is 1. The summed E-state index contributed by atoms with van der Waals surface area (Å²) in [7, 11) is 0. The van der Waals surface area contributed by atoms with Gasteiger partial charge in [-0.2, -0.15) is 0 Å². The molecule has 1 amide bonds. The number of fused-ring (bicyclic) bond motifs is 1. The van der Waals surface area contributed by atoms with E-state index < -0.39 is 0 Å². The van der Waals surface area contributed by atoms with E-state index in [1.165, 1.54) is 0 Å². The third-order valence-electron chi connectivity index (χ3n) is 4.88. The second-order valence-electron chi connectivity index (χ2n) is 6.81. The van der Waals surface area contributed by atoms with E-state index in [1.54, 1.807) is 0 Å². The van der Waals surface area contributed by atoms with Crippen LogP contribution >= 0.6 is 0 Å². The van der Waals surface area contributed by atoms with E-state index in [2.05, 4.69) is 15.2 Å². The van der Waals surface area contributed by atoms with Gasteiger partial charge in [0.2, 0.25) is 12.7 Å². The predicted octanol–water partition coefficient (Wildman–Crippen LogP) is 2.39. The summed E-state index contributed by atoms with van der Waals surface area (Å²) in [4.78, 5) is 19.0. The lowest BCUT2D eigenvalue weighted by atomic mass is 9.98. The van der Waals surface area contributed by atoms with Crippen LogP contribution in [0.1, 0.15) is 18.4 Å². The Morgan fingerprint density at radius 2 is 2.15 bits per heavy atom. The van der Waals surface area contributed by atoms with Crippen LogP contribution in [0.25, 0.3) is 0 Å². The number of pyridine rings is 1. The van der Waals surface area contributed by atoms with Crippen LogP contribution in [0.3, 0.4) is 0 Å². The van der Waals surface area contributed by atoms with Gasteiger partial charge in [0, 0.05) is 25.8 Å². The van der Waals surface area contributed by atoms with E-state index in [4.69, 9.17) is 9.47 Å².